The van der Waals surface area contributed by atoms with Crippen molar-refractivity contribution < 1.29 is 13.5 Å². The molecule has 104 valence electrons. The highest BCUT2D eigenvalue weighted by Crippen LogP contribution is 2.53. The molecular formula is C16H16O3S. The predicted octanol–water partition coefficient (Wildman–Crippen LogP) is 2.23. The predicted molar refractivity (Wildman–Crippen MR) is 77.2 cm³/mol. The van der Waals surface area contributed by atoms with Crippen LogP contribution in [0.5, 0.6) is 0 Å². The van der Waals surface area contributed by atoms with Gasteiger partial charge in [0.05, 0.1) is 10.1 Å². The fourth-order valence-electron chi connectivity index (χ4n) is 2.86. The van der Waals surface area contributed by atoms with Gasteiger partial charge in [0.15, 0.2) is 9.84 Å². The largest absolute Gasteiger partial charge is 0.396 e. The number of benzene rings is 2. The third-order valence-electron chi connectivity index (χ3n) is 3.92. The van der Waals surface area contributed by atoms with Crippen LogP contribution < -0.4 is 0 Å². The van der Waals surface area contributed by atoms with Crippen molar-refractivity contribution in [2.75, 3.05) is 6.61 Å². The number of aliphatic hydroxyl groups is 1. The molecule has 1 saturated carbocycles. The van der Waals surface area contributed by atoms with Crippen LogP contribution in [0.25, 0.3) is 0 Å². The van der Waals surface area contributed by atoms with E-state index in [-0.39, 0.29) is 18.4 Å². The number of aliphatic hydroxyl groups excluding tert-OH is 1. The Bertz CT molecular complexity index is 680. The van der Waals surface area contributed by atoms with Crippen molar-refractivity contribution >= 4 is 9.84 Å². The van der Waals surface area contributed by atoms with E-state index in [1.54, 1.807) is 30.3 Å². The summed E-state index contributed by atoms with van der Waals surface area (Å²) in [5, 5.41) is 8.94. The Hall–Kier alpha value is -1.65. The van der Waals surface area contributed by atoms with E-state index in [4.69, 9.17) is 0 Å². The van der Waals surface area contributed by atoms with E-state index >= 15 is 0 Å². The van der Waals surface area contributed by atoms with Crippen LogP contribution in [0.15, 0.2) is 65.6 Å². The maximum atomic E-state index is 12.6. The second-order valence-corrected chi connectivity index (χ2v) is 7.21. The molecule has 0 amide bonds. The Kier molecular flexibility index (Phi) is 3.36. The molecule has 3 nitrogen and oxygen atoms in total. The number of rotatable bonds is 4. The zero-order valence-corrected chi connectivity index (χ0v) is 11.7. The lowest BCUT2D eigenvalue weighted by Gasteiger charge is -2.03. The van der Waals surface area contributed by atoms with Crippen molar-refractivity contribution in [2.24, 2.45) is 5.92 Å². The van der Waals surface area contributed by atoms with E-state index in [1.165, 1.54) is 0 Å². The minimum Gasteiger partial charge on any atom is -0.396 e. The highest BCUT2D eigenvalue weighted by molar-refractivity contribution is 7.92. The molecule has 0 bridgehead atoms. The lowest BCUT2D eigenvalue weighted by Crippen LogP contribution is -2.11. The monoisotopic (exact) mass is 288 g/mol. The maximum absolute atomic E-state index is 12.6. The van der Waals surface area contributed by atoms with Gasteiger partial charge in [-0.1, -0.05) is 48.5 Å². The van der Waals surface area contributed by atoms with Gasteiger partial charge >= 0.3 is 0 Å². The molecule has 3 atom stereocenters. The summed E-state index contributed by atoms with van der Waals surface area (Å²) in [5.74, 6) is -0.311. The Morgan fingerprint density at radius 1 is 0.900 bits per heavy atom. The highest BCUT2D eigenvalue weighted by Gasteiger charge is 2.58. The van der Waals surface area contributed by atoms with Gasteiger partial charge < -0.3 is 5.11 Å². The van der Waals surface area contributed by atoms with Crippen LogP contribution in [-0.4, -0.2) is 25.4 Å². The number of hydrogen-bond donors (Lipinski definition) is 1. The van der Waals surface area contributed by atoms with Gasteiger partial charge in [-0.2, -0.15) is 0 Å². The first-order chi connectivity index (χ1) is 9.66. The van der Waals surface area contributed by atoms with Gasteiger partial charge in [0, 0.05) is 18.4 Å². The molecule has 0 aliphatic heterocycles. The maximum Gasteiger partial charge on any atom is 0.182 e. The van der Waals surface area contributed by atoms with Gasteiger partial charge in [0.25, 0.3) is 0 Å². The fraction of sp³-hybridized carbons (Fsp3) is 0.250. The average molecular weight is 288 g/mol. The number of sulfone groups is 1. The zero-order valence-electron chi connectivity index (χ0n) is 10.9. The molecule has 1 fully saturated rings. The minimum absolute atomic E-state index is 0.101. The first-order valence-corrected chi connectivity index (χ1v) is 8.15. The topological polar surface area (TPSA) is 54.4 Å². The molecule has 20 heavy (non-hydrogen) atoms. The van der Waals surface area contributed by atoms with Crippen molar-refractivity contribution in [1.29, 1.82) is 0 Å². The Morgan fingerprint density at radius 3 is 2.00 bits per heavy atom. The molecule has 1 N–H and O–H groups in total. The standard InChI is InChI=1S/C16H16O3S/c17-11-14-15(12-7-3-1-4-8-12)16(14)20(18,19)13-9-5-2-6-10-13/h1-10,14-17H,11H2/t14-,15-,16+/m0/s1. The van der Waals surface area contributed by atoms with E-state index in [0.717, 1.165) is 5.56 Å². The average Bonchev–Trinajstić information content (AvgIpc) is 3.24. The lowest BCUT2D eigenvalue weighted by atomic mass is 10.1. The van der Waals surface area contributed by atoms with E-state index in [9.17, 15) is 13.5 Å². The Balaban J connectivity index is 1.95. The van der Waals surface area contributed by atoms with E-state index in [0.29, 0.717) is 4.90 Å². The molecule has 1 aliphatic rings. The normalized spacial score (nSPS) is 25.4. The molecule has 0 heterocycles. The van der Waals surface area contributed by atoms with E-state index in [1.807, 2.05) is 30.3 Å². The van der Waals surface area contributed by atoms with Crippen molar-refractivity contribution in [3.05, 3.63) is 66.2 Å². The van der Waals surface area contributed by atoms with Crippen molar-refractivity contribution in [2.45, 2.75) is 16.1 Å². The minimum atomic E-state index is -3.38. The van der Waals surface area contributed by atoms with E-state index in [2.05, 4.69) is 0 Å². The second-order valence-electron chi connectivity index (χ2n) is 5.11. The molecule has 2 aromatic carbocycles. The number of hydrogen-bond acceptors (Lipinski definition) is 3. The summed E-state index contributed by atoms with van der Waals surface area (Å²) in [7, 11) is -3.38. The Morgan fingerprint density at radius 2 is 1.45 bits per heavy atom. The van der Waals surface area contributed by atoms with Crippen LogP contribution >= 0.6 is 0 Å². The summed E-state index contributed by atoms with van der Waals surface area (Å²) in [6, 6.07) is 18.0. The van der Waals surface area contributed by atoms with Crippen LogP contribution in [0, 0.1) is 5.92 Å². The van der Waals surface area contributed by atoms with Gasteiger partial charge in [-0.15, -0.1) is 0 Å². The highest BCUT2D eigenvalue weighted by atomic mass is 32.2. The van der Waals surface area contributed by atoms with Crippen molar-refractivity contribution in [3.8, 4) is 0 Å². The van der Waals surface area contributed by atoms with Gasteiger partial charge in [-0.25, -0.2) is 8.42 Å². The smallest absolute Gasteiger partial charge is 0.182 e. The second kappa shape index (κ2) is 5.04. The third kappa shape index (κ3) is 2.15. The fourth-order valence-corrected chi connectivity index (χ4v) is 5.08. The summed E-state index contributed by atoms with van der Waals surface area (Å²) < 4.78 is 25.3. The summed E-state index contributed by atoms with van der Waals surface area (Å²) in [5.41, 5.74) is 0.982. The zero-order chi connectivity index (χ0) is 14.2. The SMILES string of the molecule is O=S(=O)(c1ccccc1)[C@@H]1[C@@H](CO)[C@@H]1c1ccccc1. The van der Waals surface area contributed by atoms with Gasteiger partial charge in [-0.3, -0.25) is 0 Å². The first-order valence-electron chi connectivity index (χ1n) is 6.61. The lowest BCUT2D eigenvalue weighted by molar-refractivity contribution is 0.274. The third-order valence-corrected chi connectivity index (χ3v) is 6.21. The van der Waals surface area contributed by atoms with Crippen LogP contribution in [0.2, 0.25) is 0 Å². The summed E-state index contributed by atoms with van der Waals surface area (Å²) in [4.78, 5) is 0.335. The van der Waals surface area contributed by atoms with Crippen LogP contribution in [-0.2, 0) is 9.84 Å². The quantitative estimate of drug-likeness (QED) is 0.938. The molecule has 4 heteroatoms. The molecule has 0 radical (unpaired) electrons. The first kappa shape index (κ1) is 13.3. The van der Waals surface area contributed by atoms with Crippen LogP contribution in [0.3, 0.4) is 0 Å². The molecule has 1 aliphatic carbocycles. The van der Waals surface area contributed by atoms with Gasteiger partial charge in [-0.05, 0) is 17.7 Å². The summed E-state index contributed by atoms with van der Waals surface area (Å²) >= 11 is 0. The summed E-state index contributed by atoms with van der Waals surface area (Å²) in [6.45, 7) is -0.101. The van der Waals surface area contributed by atoms with Crippen molar-refractivity contribution in [3.63, 3.8) is 0 Å². The molecular weight excluding hydrogens is 272 g/mol. The van der Waals surface area contributed by atoms with Gasteiger partial charge in [0.1, 0.15) is 0 Å². The summed E-state index contributed by atoms with van der Waals surface area (Å²) in [6.07, 6.45) is 0. The molecule has 2 aromatic rings. The molecule has 0 unspecified atom stereocenters. The molecule has 0 spiro atoms. The van der Waals surface area contributed by atoms with Gasteiger partial charge in [0.2, 0.25) is 0 Å². The molecule has 3 rings (SSSR count). The Labute approximate surface area is 118 Å². The van der Waals surface area contributed by atoms with Crippen molar-refractivity contribution in [1.82, 2.24) is 0 Å². The van der Waals surface area contributed by atoms with Crippen LogP contribution in [0.1, 0.15) is 11.5 Å². The molecule has 0 saturated heterocycles. The molecule has 0 aromatic heterocycles. The van der Waals surface area contributed by atoms with Crippen LogP contribution in [0.4, 0.5) is 0 Å². The van der Waals surface area contributed by atoms with E-state index < -0.39 is 15.1 Å².